The maximum absolute atomic E-state index is 5.45. The SMILES string of the molecule is Cl.Cl.[C-]1=CC=CC1.[C-]1=CC=CC1.[CH2-]CCO[Si](C)(C)C.[CH3-].[SiH2]=[Zr]. The minimum absolute atomic E-state index is 0. The molecule has 2 rings (SSSR count). The van der Waals surface area contributed by atoms with Crippen LogP contribution in [-0.4, -0.2) is 21.8 Å². The molecular weight excluding hydrogens is 438 g/mol. The van der Waals surface area contributed by atoms with Crippen molar-refractivity contribution in [2.75, 3.05) is 6.61 Å². The summed E-state index contributed by atoms with van der Waals surface area (Å²) < 4.78 is 5.45. The topological polar surface area (TPSA) is 9.23 Å². The van der Waals surface area contributed by atoms with Crippen LogP contribution >= 0.6 is 24.8 Å². The van der Waals surface area contributed by atoms with Crippen molar-refractivity contribution in [3.8, 4) is 0 Å². The summed E-state index contributed by atoms with van der Waals surface area (Å²) in [6.45, 7) is 13.0. The summed E-state index contributed by atoms with van der Waals surface area (Å²) in [5.74, 6) is 0. The van der Waals surface area contributed by atoms with Crippen LogP contribution in [0.1, 0.15) is 19.3 Å². The molecule has 2 aliphatic rings. The van der Waals surface area contributed by atoms with Crippen molar-refractivity contribution in [2.45, 2.75) is 38.9 Å². The number of halogens is 2. The normalized spacial score (nSPS) is 12.0. The van der Waals surface area contributed by atoms with Crippen molar-refractivity contribution in [1.29, 1.82) is 0 Å². The number of hydrogen-bond acceptors (Lipinski definition) is 1. The van der Waals surface area contributed by atoms with Crippen LogP contribution < -0.4 is 0 Å². The maximum atomic E-state index is 5.45. The van der Waals surface area contributed by atoms with Gasteiger partial charge in [0.15, 0.2) is 8.32 Å². The van der Waals surface area contributed by atoms with Crippen LogP contribution in [0.25, 0.3) is 0 Å². The number of rotatable bonds is 3. The summed E-state index contributed by atoms with van der Waals surface area (Å²) in [6, 6.07) is 0. The molecule has 0 saturated heterocycles. The van der Waals surface area contributed by atoms with Crippen LogP contribution in [0.3, 0.4) is 0 Å². The van der Waals surface area contributed by atoms with Gasteiger partial charge in [-0.15, -0.1) is 37.7 Å². The van der Waals surface area contributed by atoms with Crippen LogP contribution in [0, 0.1) is 26.5 Å². The van der Waals surface area contributed by atoms with Gasteiger partial charge in [0.05, 0.1) is 0 Å². The van der Waals surface area contributed by atoms with E-state index in [0.29, 0.717) is 0 Å². The number of hydrogen-bond donors (Lipinski definition) is 0. The van der Waals surface area contributed by atoms with E-state index in [1.165, 1.54) is 0 Å². The van der Waals surface area contributed by atoms with E-state index in [-0.39, 0.29) is 32.2 Å². The molecule has 2 aliphatic carbocycles. The Labute approximate surface area is 175 Å². The average Bonchev–Trinajstić information content (AvgIpc) is 3.14. The molecule has 136 valence electrons. The quantitative estimate of drug-likeness (QED) is 0.414. The molecule has 0 amide bonds. The molecule has 0 saturated carbocycles. The van der Waals surface area contributed by atoms with E-state index in [9.17, 15) is 0 Å². The van der Waals surface area contributed by atoms with Crippen molar-refractivity contribution in [2.24, 2.45) is 0 Å². The Morgan fingerprint density at radius 1 is 1.04 bits per heavy atom. The van der Waals surface area contributed by atoms with Crippen molar-refractivity contribution >= 4 is 40.0 Å². The molecule has 0 bridgehead atoms. The molecule has 0 aliphatic heterocycles. The van der Waals surface area contributed by atoms with Crippen LogP contribution in [0.2, 0.25) is 19.6 Å². The Bertz CT molecular complexity index is 283. The third-order valence-corrected chi connectivity index (χ3v) is 2.92. The van der Waals surface area contributed by atoms with Crippen molar-refractivity contribution in [3.63, 3.8) is 0 Å². The molecule has 0 radical (unpaired) electrons. The van der Waals surface area contributed by atoms with Gasteiger partial charge in [-0.3, -0.25) is 12.2 Å². The molecule has 0 spiro atoms. The van der Waals surface area contributed by atoms with Gasteiger partial charge in [0, 0.05) is 6.61 Å². The van der Waals surface area contributed by atoms with Gasteiger partial charge in [0.25, 0.3) is 0 Å². The first-order chi connectivity index (χ1) is 9.56. The number of allylic oxidation sites excluding steroid dienone is 8. The first-order valence-electron chi connectivity index (χ1n) is 6.78. The van der Waals surface area contributed by atoms with E-state index in [2.05, 4.69) is 50.9 Å². The fraction of sp³-hybridized carbons (Fsp3) is 0.412. The predicted molar refractivity (Wildman–Crippen MR) is 112 cm³/mol. The van der Waals surface area contributed by atoms with Gasteiger partial charge in [0.2, 0.25) is 0 Å². The van der Waals surface area contributed by atoms with Crippen LogP contribution in [0.5, 0.6) is 0 Å². The van der Waals surface area contributed by atoms with E-state index < -0.39 is 8.32 Å². The monoisotopic (exact) mass is 468 g/mol. The summed E-state index contributed by atoms with van der Waals surface area (Å²) in [6.07, 6.45) is 20.9. The van der Waals surface area contributed by atoms with E-state index in [1.807, 2.05) is 31.2 Å². The van der Waals surface area contributed by atoms with Crippen molar-refractivity contribution < 1.29 is 27.8 Å². The zero-order chi connectivity index (χ0) is 15.7. The van der Waals surface area contributed by atoms with Crippen LogP contribution in [-0.2, 0) is 27.8 Å². The fourth-order valence-corrected chi connectivity index (χ4v) is 1.82. The van der Waals surface area contributed by atoms with Gasteiger partial charge in [-0.25, -0.2) is 24.3 Å². The van der Waals surface area contributed by atoms with Gasteiger partial charge in [-0.05, 0) is 19.6 Å². The summed E-state index contributed by atoms with van der Waals surface area (Å²) in [5, 5.41) is 0. The average molecular weight is 471 g/mol. The van der Waals surface area contributed by atoms with Gasteiger partial charge >= 0.3 is 30.2 Å². The van der Waals surface area contributed by atoms with Crippen molar-refractivity contribution in [1.82, 2.24) is 0 Å². The predicted octanol–water partition coefficient (Wildman–Crippen LogP) is 5.05. The Morgan fingerprint density at radius 2 is 1.43 bits per heavy atom. The third-order valence-electron chi connectivity index (χ3n) is 1.85. The first kappa shape index (κ1) is 35.0. The summed E-state index contributed by atoms with van der Waals surface area (Å²) in [5.41, 5.74) is 0. The van der Waals surface area contributed by atoms with E-state index in [1.54, 1.807) is 23.3 Å². The zero-order valence-corrected chi connectivity index (χ0v) is 21.4. The molecule has 0 aromatic heterocycles. The second-order valence-corrected chi connectivity index (χ2v) is 9.33. The molecule has 1 nitrogen and oxygen atoms in total. The molecule has 0 N–H and O–H groups in total. The van der Waals surface area contributed by atoms with E-state index in [0.717, 1.165) is 25.9 Å². The van der Waals surface area contributed by atoms with Crippen molar-refractivity contribution in [3.05, 3.63) is 63.0 Å². The Morgan fingerprint density at radius 3 is 1.52 bits per heavy atom. The molecule has 0 heterocycles. The van der Waals surface area contributed by atoms with Gasteiger partial charge < -0.3 is 18.8 Å². The third kappa shape index (κ3) is 39.5. The summed E-state index contributed by atoms with van der Waals surface area (Å²) >= 11 is 1.58. The Kier molecular flexibility index (Phi) is 42.1. The van der Waals surface area contributed by atoms with Crippen LogP contribution in [0.4, 0.5) is 0 Å². The molecular formula is C17H32Cl2OSi2Zr-4. The van der Waals surface area contributed by atoms with Gasteiger partial charge in [-0.2, -0.15) is 18.6 Å². The molecule has 0 atom stereocenters. The Balaban J connectivity index is -0.0000000642. The standard InChI is InChI=1S/C6H15OSi.2C5H5.CH3.2ClH.H2Si.Zr/c1-5-6-7-8(2,3)4;2*1-2-4-5-3-1;;;;;/h1,5-6H2,2-4H3;2*1-3H,4H2;1H3;2*1H;1H2;/q4*-1;;;;. The second-order valence-electron chi connectivity index (χ2n) is 4.82. The molecule has 0 aromatic carbocycles. The van der Waals surface area contributed by atoms with E-state index >= 15 is 0 Å². The summed E-state index contributed by atoms with van der Waals surface area (Å²) in [4.78, 5) is 0. The first-order valence-corrected chi connectivity index (χ1v) is 16.1. The molecule has 6 heteroatoms. The fourth-order valence-electron chi connectivity index (χ4n) is 1.06. The molecule has 0 fully saturated rings. The molecule has 0 unspecified atom stereocenters. The van der Waals surface area contributed by atoms with Crippen LogP contribution in [0.15, 0.2) is 36.5 Å². The molecule has 0 aromatic rings. The Hall–Kier alpha value is 0.817. The van der Waals surface area contributed by atoms with Gasteiger partial charge in [-0.1, -0.05) is 0 Å². The summed E-state index contributed by atoms with van der Waals surface area (Å²) in [7, 11) is -1.22. The second kappa shape index (κ2) is 27.7. The molecule has 23 heavy (non-hydrogen) atoms. The minimum atomic E-state index is -1.22. The van der Waals surface area contributed by atoms with E-state index in [4.69, 9.17) is 4.43 Å². The van der Waals surface area contributed by atoms with Gasteiger partial charge in [0.1, 0.15) is 0 Å². The zero-order valence-electron chi connectivity index (χ0n) is 14.9.